The smallest absolute Gasteiger partial charge is 0.251 e. The molecule has 0 unspecified atom stereocenters. The standard InChI is InChI=1S/C18H23N3O3S/c1-11(2)24-9-14-8-16(22)21-18(19-14)25-10-17(23)20-15-7-5-6-12(3)13(15)4/h5-8,11H,9-10H2,1-4H3,(H,20,23)(H,19,21,22). The first-order valence-corrected chi connectivity index (χ1v) is 9.04. The lowest BCUT2D eigenvalue weighted by atomic mass is 10.1. The molecule has 0 spiro atoms. The lowest BCUT2D eigenvalue weighted by Gasteiger charge is -2.10. The number of H-pyrrole nitrogens is 1. The van der Waals surface area contributed by atoms with E-state index in [1.54, 1.807) is 0 Å². The van der Waals surface area contributed by atoms with E-state index in [4.69, 9.17) is 4.74 Å². The first-order valence-electron chi connectivity index (χ1n) is 8.06. The Bertz CT molecular complexity index is 802. The summed E-state index contributed by atoms with van der Waals surface area (Å²) in [6.45, 7) is 8.07. The van der Waals surface area contributed by atoms with Gasteiger partial charge in [-0.2, -0.15) is 0 Å². The zero-order valence-corrected chi connectivity index (χ0v) is 15.7. The minimum absolute atomic E-state index is 0.0561. The van der Waals surface area contributed by atoms with E-state index in [1.807, 2.05) is 45.9 Å². The molecule has 25 heavy (non-hydrogen) atoms. The number of hydrogen-bond acceptors (Lipinski definition) is 5. The van der Waals surface area contributed by atoms with Crippen molar-refractivity contribution in [3.8, 4) is 0 Å². The maximum atomic E-state index is 12.2. The number of aromatic amines is 1. The van der Waals surface area contributed by atoms with E-state index >= 15 is 0 Å². The second-order valence-corrected chi connectivity index (χ2v) is 6.95. The van der Waals surface area contributed by atoms with E-state index < -0.39 is 0 Å². The quantitative estimate of drug-likeness (QED) is 0.585. The number of carbonyl (C=O) groups is 1. The van der Waals surface area contributed by atoms with Gasteiger partial charge in [-0.25, -0.2) is 4.98 Å². The minimum Gasteiger partial charge on any atom is -0.373 e. The van der Waals surface area contributed by atoms with Crippen LogP contribution in [0.4, 0.5) is 5.69 Å². The van der Waals surface area contributed by atoms with Crippen molar-refractivity contribution < 1.29 is 9.53 Å². The molecule has 2 N–H and O–H groups in total. The summed E-state index contributed by atoms with van der Waals surface area (Å²) >= 11 is 1.19. The lowest BCUT2D eigenvalue weighted by molar-refractivity contribution is -0.113. The van der Waals surface area contributed by atoms with Crippen molar-refractivity contribution in [3.05, 3.63) is 51.4 Å². The molecule has 0 saturated heterocycles. The van der Waals surface area contributed by atoms with Crippen LogP contribution in [0.25, 0.3) is 0 Å². The summed E-state index contributed by atoms with van der Waals surface area (Å²) in [7, 11) is 0. The molecule has 134 valence electrons. The van der Waals surface area contributed by atoms with Crippen LogP contribution >= 0.6 is 11.8 Å². The second-order valence-electron chi connectivity index (χ2n) is 5.99. The van der Waals surface area contributed by atoms with E-state index in [0.717, 1.165) is 16.8 Å². The molecule has 1 aromatic carbocycles. The Kier molecular flexibility index (Phi) is 6.78. The van der Waals surface area contributed by atoms with Crippen molar-refractivity contribution in [3.63, 3.8) is 0 Å². The molecular weight excluding hydrogens is 338 g/mol. The van der Waals surface area contributed by atoms with Crippen LogP contribution < -0.4 is 10.9 Å². The van der Waals surface area contributed by atoms with Crippen LogP contribution in [-0.2, 0) is 16.1 Å². The number of rotatable bonds is 7. The summed E-state index contributed by atoms with van der Waals surface area (Å²) in [6.07, 6.45) is 0.0561. The fourth-order valence-electron chi connectivity index (χ4n) is 2.08. The second kappa shape index (κ2) is 8.82. The fourth-order valence-corrected chi connectivity index (χ4v) is 2.78. The van der Waals surface area contributed by atoms with Crippen LogP contribution in [0.3, 0.4) is 0 Å². The van der Waals surface area contributed by atoms with E-state index in [9.17, 15) is 9.59 Å². The molecule has 0 radical (unpaired) electrons. The van der Waals surface area contributed by atoms with Gasteiger partial charge in [-0.05, 0) is 44.9 Å². The number of nitrogens with zero attached hydrogens (tertiary/aromatic N) is 1. The summed E-state index contributed by atoms with van der Waals surface area (Å²) < 4.78 is 5.46. The molecule has 0 saturated carbocycles. The zero-order valence-electron chi connectivity index (χ0n) is 14.9. The van der Waals surface area contributed by atoms with Crippen molar-refractivity contribution in [2.24, 2.45) is 0 Å². The third-order valence-corrected chi connectivity index (χ3v) is 4.43. The van der Waals surface area contributed by atoms with Gasteiger partial charge in [-0.3, -0.25) is 9.59 Å². The van der Waals surface area contributed by atoms with Crippen molar-refractivity contribution in [1.82, 2.24) is 9.97 Å². The average Bonchev–Trinajstić information content (AvgIpc) is 2.55. The van der Waals surface area contributed by atoms with Gasteiger partial charge in [-0.15, -0.1) is 0 Å². The number of nitrogens with one attached hydrogen (secondary N) is 2. The molecule has 1 heterocycles. The summed E-state index contributed by atoms with van der Waals surface area (Å²) in [5.41, 5.74) is 3.25. The Morgan fingerprint density at radius 2 is 2.12 bits per heavy atom. The number of aryl methyl sites for hydroxylation is 1. The molecule has 1 aromatic heterocycles. The number of carbonyl (C=O) groups excluding carboxylic acids is 1. The van der Waals surface area contributed by atoms with Gasteiger partial charge in [0.25, 0.3) is 5.56 Å². The average molecular weight is 361 g/mol. The third-order valence-electron chi connectivity index (χ3n) is 3.56. The fraction of sp³-hybridized carbons (Fsp3) is 0.389. The normalized spacial score (nSPS) is 10.9. The van der Waals surface area contributed by atoms with E-state index in [2.05, 4.69) is 15.3 Å². The number of thioether (sulfide) groups is 1. The molecule has 0 bridgehead atoms. The van der Waals surface area contributed by atoms with Crippen molar-refractivity contribution in [1.29, 1.82) is 0 Å². The molecular formula is C18H23N3O3S. The highest BCUT2D eigenvalue weighted by Crippen LogP contribution is 2.19. The van der Waals surface area contributed by atoms with Crippen LogP contribution in [0, 0.1) is 13.8 Å². The molecule has 0 aliphatic rings. The minimum atomic E-state index is -0.255. The van der Waals surface area contributed by atoms with Gasteiger partial charge < -0.3 is 15.0 Å². The molecule has 0 aliphatic heterocycles. The Hall–Kier alpha value is -2.12. The van der Waals surface area contributed by atoms with Crippen LogP contribution in [0.15, 0.2) is 34.2 Å². The highest BCUT2D eigenvalue weighted by molar-refractivity contribution is 7.99. The number of aromatic nitrogens is 2. The van der Waals surface area contributed by atoms with Gasteiger partial charge in [0, 0.05) is 11.8 Å². The van der Waals surface area contributed by atoms with Gasteiger partial charge in [0.2, 0.25) is 5.91 Å². The summed E-state index contributed by atoms with van der Waals surface area (Å²) in [5, 5.41) is 3.29. The number of ether oxygens (including phenoxy) is 1. The monoisotopic (exact) mass is 361 g/mol. The van der Waals surface area contributed by atoms with E-state index in [-0.39, 0.29) is 29.9 Å². The zero-order chi connectivity index (χ0) is 18.4. The predicted octanol–water partition coefficient (Wildman–Crippen LogP) is 3.04. The summed E-state index contributed by atoms with van der Waals surface area (Å²) in [6, 6.07) is 7.18. The SMILES string of the molecule is Cc1cccc(NC(=O)CSc2nc(COC(C)C)cc(=O)[nH]2)c1C. The van der Waals surface area contributed by atoms with Crippen LogP contribution in [0.5, 0.6) is 0 Å². The Morgan fingerprint density at radius 1 is 1.36 bits per heavy atom. The number of hydrogen-bond donors (Lipinski definition) is 2. The lowest BCUT2D eigenvalue weighted by Crippen LogP contribution is -2.17. The molecule has 0 aliphatic carbocycles. The largest absolute Gasteiger partial charge is 0.373 e. The number of anilines is 1. The Balaban J connectivity index is 1.97. The molecule has 7 heteroatoms. The van der Waals surface area contributed by atoms with E-state index in [0.29, 0.717) is 10.9 Å². The van der Waals surface area contributed by atoms with Gasteiger partial charge in [0.1, 0.15) is 0 Å². The first-order chi connectivity index (χ1) is 11.8. The Labute approximate surface area is 151 Å². The van der Waals surface area contributed by atoms with Gasteiger partial charge in [-0.1, -0.05) is 23.9 Å². The molecule has 0 atom stereocenters. The van der Waals surface area contributed by atoms with Crippen molar-refractivity contribution in [2.75, 3.05) is 11.1 Å². The van der Waals surface area contributed by atoms with Crippen LogP contribution in [-0.4, -0.2) is 27.7 Å². The third kappa shape index (κ3) is 6.03. The molecule has 2 rings (SSSR count). The summed E-state index contributed by atoms with van der Waals surface area (Å²) in [5.74, 6) is 0.00957. The highest BCUT2D eigenvalue weighted by atomic mass is 32.2. The highest BCUT2D eigenvalue weighted by Gasteiger charge is 2.09. The van der Waals surface area contributed by atoms with E-state index in [1.165, 1.54) is 17.8 Å². The maximum Gasteiger partial charge on any atom is 0.251 e. The topological polar surface area (TPSA) is 84.1 Å². The summed E-state index contributed by atoms with van der Waals surface area (Å²) in [4.78, 5) is 30.8. The number of amides is 1. The van der Waals surface area contributed by atoms with Crippen molar-refractivity contribution >= 4 is 23.4 Å². The molecule has 6 nitrogen and oxygen atoms in total. The first kappa shape index (κ1) is 19.2. The van der Waals surface area contributed by atoms with Crippen molar-refractivity contribution in [2.45, 2.75) is 45.6 Å². The Morgan fingerprint density at radius 3 is 2.84 bits per heavy atom. The van der Waals surface area contributed by atoms with Crippen LogP contribution in [0.1, 0.15) is 30.7 Å². The van der Waals surface area contributed by atoms with Gasteiger partial charge in [0.15, 0.2) is 5.16 Å². The van der Waals surface area contributed by atoms with Gasteiger partial charge in [0.05, 0.1) is 24.2 Å². The molecule has 0 fully saturated rings. The van der Waals surface area contributed by atoms with Crippen LogP contribution in [0.2, 0.25) is 0 Å². The maximum absolute atomic E-state index is 12.2. The predicted molar refractivity (Wildman–Crippen MR) is 100 cm³/mol. The molecule has 1 amide bonds. The van der Waals surface area contributed by atoms with Gasteiger partial charge >= 0.3 is 0 Å². The molecule has 2 aromatic rings. The number of benzene rings is 1.